The van der Waals surface area contributed by atoms with Crippen LogP contribution in [-0.4, -0.2) is 0 Å². The fourth-order valence-corrected chi connectivity index (χ4v) is 1.35. The topological polar surface area (TPSA) is 34.3 Å². The summed E-state index contributed by atoms with van der Waals surface area (Å²) in [5.74, 6) is 0. The number of halogens is 1. The molecule has 0 N–H and O–H groups in total. The summed E-state index contributed by atoms with van der Waals surface area (Å²) in [4.78, 5) is 10.3. The highest BCUT2D eigenvalue weighted by Crippen LogP contribution is 1.92. The van der Waals surface area contributed by atoms with Gasteiger partial charge in [-0.3, -0.25) is 0 Å². The molecule has 2 aromatic rings. The van der Waals surface area contributed by atoms with Crippen LogP contribution >= 0.6 is 11.5 Å². The summed E-state index contributed by atoms with van der Waals surface area (Å²) in [6.45, 7) is 0. The molecule has 58 valence electrons. The van der Waals surface area contributed by atoms with E-state index in [0.29, 0.717) is 5.71 Å². The second-order valence-electron chi connectivity index (χ2n) is 1.81. The summed E-state index contributed by atoms with van der Waals surface area (Å²) >= 11 is 1.05. The molecule has 0 aromatic carbocycles. The zero-order chi connectivity index (χ0) is 6.97. The van der Waals surface area contributed by atoms with Crippen molar-refractivity contribution in [1.29, 1.82) is 0 Å². The zero-order valence-electron chi connectivity index (χ0n) is 5.36. The van der Waals surface area contributed by atoms with Crippen LogP contribution in [0.3, 0.4) is 0 Å². The maximum Gasteiger partial charge on any atom is 0.460 e. The maximum atomic E-state index is 10.6. The van der Waals surface area contributed by atoms with Crippen molar-refractivity contribution in [3.05, 3.63) is 34.1 Å². The second kappa shape index (κ2) is 3.02. The Morgan fingerprint density at radius 3 is 3.00 bits per heavy atom. The van der Waals surface area contributed by atoms with E-state index in [1.807, 2.05) is 12.1 Å². The second-order valence-corrected chi connectivity index (χ2v) is 2.72. The van der Waals surface area contributed by atoms with Crippen LogP contribution in [0.1, 0.15) is 0 Å². The highest BCUT2D eigenvalue weighted by atomic mass is 35.5. The average Bonchev–Trinajstić information content (AvgIpc) is 2.27. The molecule has 0 atom stereocenters. The molecule has 0 spiro atoms. The Morgan fingerprint density at radius 1 is 1.45 bits per heavy atom. The van der Waals surface area contributed by atoms with Crippen LogP contribution in [0, 0.1) is 0 Å². The molecule has 0 bridgehead atoms. The molecule has 0 saturated heterocycles. The SMILES string of the molecule is O=c1oc2cccc[n+]2s1.[Cl-]. The number of hydrogen-bond acceptors (Lipinski definition) is 3. The van der Waals surface area contributed by atoms with Crippen LogP contribution in [0.15, 0.2) is 33.6 Å². The van der Waals surface area contributed by atoms with Gasteiger partial charge >= 0.3 is 10.7 Å². The summed E-state index contributed by atoms with van der Waals surface area (Å²) in [6.07, 6.45) is 1.78. The fourth-order valence-electron chi connectivity index (χ4n) is 0.751. The Hall–Kier alpha value is -0.870. The van der Waals surface area contributed by atoms with Crippen molar-refractivity contribution in [2.45, 2.75) is 0 Å². The number of nitrogens with zero attached hydrogens (tertiary/aromatic N) is 1. The Kier molecular flexibility index (Phi) is 2.26. The molecule has 0 aliphatic rings. The number of rotatable bonds is 0. The van der Waals surface area contributed by atoms with Crippen molar-refractivity contribution in [3.63, 3.8) is 0 Å². The van der Waals surface area contributed by atoms with E-state index < -0.39 is 0 Å². The Bertz CT molecular complexity index is 372. The van der Waals surface area contributed by atoms with Gasteiger partial charge in [-0.2, -0.15) is 0 Å². The van der Waals surface area contributed by atoms with Crippen LogP contribution < -0.4 is 21.1 Å². The summed E-state index contributed by atoms with van der Waals surface area (Å²) < 4.78 is 6.48. The van der Waals surface area contributed by atoms with Gasteiger partial charge in [-0.05, 0) is 6.07 Å². The van der Waals surface area contributed by atoms with Gasteiger partial charge < -0.3 is 16.8 Å². The molecule has 0 saturated carbocycles. The summed E-state index contributed by atoms with van der Waals surface area (Å²) in [5, 5.41) is 0. The van der Waals surface area contributed by atoms with E-state index >= 15 is 0 Å². The molecule has 0 fully saturated rings. The van der Waals surface area contributed by atoms with Crippen LogP contribution in [0.5, 0.6) is 0 Å². The van der Waals surface area contributed by atoms with Crippen molar-refractivity contribution < 1.29 is 20.6 Å². The Morgan fingerprint density at radius 2 is 2.27 bits per heavy atom. The monoisotopic (exact) mass is 189 g/mol. The van der Waals surface area contributed by atoms with Crippen molar-refractivity contribution in [2.75, 3.05) is 0 Å². The lowest BCUT2D eigenvalue weighted by Crippen LogP contribution is -3.00. The highest BCUT2D eigenvalue weighted by molar-refractivity contribution is 6.98. The first-order valence-corrected chi connectivity index (χ1v) is 3.54. The Labute approximate surface area is 72.5 Å². The van der Waals surface area contributed by atoms with E-state index in [4.69, 9.17) is 4.42 Å². The van der Waals surface area contributed by atoms with Crippen molar-refractivity contribution >= 4 is 17.2 Å². The van der Waals surface area contributed by atoms with Crippen LogP contribution in [0.2, 0.25) is 0 Å². The molecule has 0 aliphatic heterocycles. The van der Waals surface area contributed by atoms with Gasteiger partial charge in [-0.15, -0.1) is 0 Å². The molecule has 0 amide bonds. The van der Waals surface area contributed by atoms with Gasteiger partial charge in [0.05, 0.1) is 6.07 Å². The van der Waals surface area contributed by atoms with Crippen LogP contribution in [0.4, 0.5) is 0 Å². The molecule has 2 rings (SSSR count). The first-order chi connectivity index (χ1) is 4.86. The summed E-state index contributed by atoms with van der Waals surface area (Å²) in [5.41, 5.74) is 0.595. The number of hydrogen-bond donors (Lipinski definition) is 0. The predicted octanol–water partition coefficient (Wildman–Crippen LogP) is -2.56. The van der Waals surface area contributed by atoms with Gasteiger partial charge in [0, 0.05) is 6.07 Å². The number of fused-ring (bicyclic) bond motifs is 1. The van der Waals surface area contributed by atoms with E-state index in [-0.39, 0.29) is 17.3 Å². The smallest absolute Gasteiger partial charge is 0.460 e. The molecule has 11 heavy (non-hydrogen) atoms. The first kappa shape index (κ1) is 8.23. The lowest BCUT2D eigenvalue weighted by atomic mass is 10.5. The third-order valence-corrected chi connectivity index (χ3v) is 1.88. The quantitative estimate of drug-likeness (QED) is 0.428. The van der Waals surface area contributed by atoms with E-state index in [1.54, 1.807) is 16.1 Å². The van der Waals surface area contributed by atoms with Crippen molar-refractivity contribution in [2.24, 2.45) is 0 Å². The van der Waals surface area contributed by atoms with E-state index in [2.05, 4.69) is 0 Å². The normalized spacial score (nSPS) is 9.45. The largest absolute Gasteiger partial charge is 1.00 e. The minimum atomic E-state index is -0.272. The van der Waals surface area contributed by atoms with E-state index in [1.165, 1.54) is 0 Å². The minimum Gasteiger partial charge on any atom is -1.00 e. The minimum absolute atomic E-state index is 0. The number of pyridine rings is 1. The number of aromatic nitrogens is 1. The first-order valence-electron chi connectivity index (χ1n) is 2.77. The predicted molar refractivity (Wildman–Crippen MR) is 36.0 cm³/mol. The molecule has 2 heterocycles. The van der Waals surface area contributed by atoms with Crippen molar-refractivity contribution in [1.82, 2.24) is 0 Å². The van der Waals surface area contributed by atoms with Gasteiger partial charge in [0.25, 0.3) is 0 Å². The van der Waals surface area contributed by atoms with Crippen LogP contribution in [0.25, 0.3) is 5.71 Å². The standard InChI is InChI=1S/C6H4NO2S.ClH/c8-6-9-5-3-1-2-4-7(5)10-6;/h1-4H;1H/q+1;/p-1. The average molecular weight is 190 g/mol. The molecule has 0 aliphatic carbocycles. The molecule has 0 unspecified atom stereocenters. The van der Waals surface area contributed by atoms with Gasteiger partial charge in [-0.25, -0.2) is 4.79 Å². The molecule has 5 heteroatoms. The van der Waals surface area contributed by atoms with Gasteiger partial charge in [0.1, 0.15) is 0 Å². The molecule has 3 nitrogen and oxygen atoms in total. The fraction of sp³-hybridized carbons (Fsp3) is 0. The van der Waals surface area contributed by atoms with Crippen molar-refractivity contribution in [3.8, 4) is 0 Å². The maximum absolute atomic E-state index is 10.6. The summed E-state index contributed by atoms with van der Waals surface area (Å²) in [6, 6.07) is 5.42. The van der Waals surface area contributed by atoms with Crippen LogP contribution in [-0.2, 0) is 0 Å². The highest BCUT2D eigenvalue weighted by Gasteiger charge is 2.07. The lowest BCUT2D eigenvalue weighted by Gasteiger charge is -1.71. The zero-order valence-corrected chi connectivity index (χ0v) is 6.93. The molecule has 2 aromatic heterocycles. The van der Waals surface area contributed by atoms with Gasteiger partial charge in [0.2, 0.25) is 11.5 Å². The Balaban J connectivity index is 0.000000605. The van der Waals surface area contributed by atoms with E-state index in [0.717, 1.165) is 11.5 Å². The third kappa shape index (κ3) is 1.41. The van der Waals surface area contributed by atoms with Gasteiger partial charge in [0.15, 0.2) is 6.20 Å². The molecular weight excluding hydrogens is 186 g/mol. The third-order valence-electron chi connectivity index (χ3n) is 1.15. The lowest BCUT2D eigenvalue weighted by molar-refractivity contribution is -0.439. The summed E-state index contributed by atoms with van der Waals surface area (Å²) in [7, 11) is 0. The molecular formula is C6H4ClNO2S. The van der Waals surface area contributed by atoms with Gasteiger partial charge in [-0.1, -0.05) is 3.79 Å². The van der Waals surface area contributed by atoms with E-state index in [9.17, 15) is 4.79 Å². The molecule has 0 radical (unpaired) electrons.